The maximum absolute atomic E-state index is 10.8. The fraction of sp³-hybridized carbons (Fsp3) is 0.500. The number of hydrogen-bond acceptors (Lipinski definition) is 3. The molecule has 0 fully saturated rings. The van der Waals surface area contributed by atoms with Crippen LogP contribution in [0.15, 0.2) is 4.52 Å². The maximum atomic E-state index is 10.8. The van der Waals surface area contributed by atoms with Crippen LogP contribution in [0.5, 0.6) is 0 Å². The fourth-order valence-corrected chi connectivity index (χ4v) is 1.18. The van der Waals surface area contributed by atoms with Crippen LogP contribution in [0.1, 0.15) is 35.7 Å². The van der Waals surface area contributed by atoms with Crippen LogP contribution in [-0.2, 0) is 12.8 Å². The van der Waals surface area contributed by atoms with Crippen molar-refractivity contribution >= 4 is 5.91 Å². The molecule has 0 bridgehead atoms. The van der Waals surface area contributed by atoms with E-state index >= 15 is 0 Å². The van der Waals surface area contributed by atoms with Gasteiger partial charge in [0, 0.05) is 12.0 Å². The molecule has 0 aliphatic heterocycles. The van der Waals surface area contributed by atoms with Gasteiger partial charge in [0.1, 0.15) is 5.76 Å². The van der Waals surface area contributed by atoms with Crippen LogP contribution in [0.2, 0.25) is 0 Å². The lowest BCUT2D eigenvalue weighted by molar-refractivity contribution is 0.0991. The minimum atomic E-state index is -0.518. The van der Waals surface area contributed by atoms with E-state index in [1.54, 1.807) is 0 Å². The summed E-state index contributed by atoms with van der Waals surface area (Å²) in [6.07, 6.45) is 1.47. The second-order valence-corrected chi connectivity index (χ2v) is 2.50. The molecule has 0 spiro atoms. The number of amides is 1. The van der Waals surface area contributed by atoms with E-state index in [2.05, 4.69) is 5.16 Å². The zero-order chi connectivity index (χ0) is 9.14. The Morgan fingerprint density at radius 1 is 1.50 bits per heavy atom. The summed E-state index contributed by atoms with van der Waals surface area (Å²) in [5.74, 6) is 0.238. The van der Waals surface area contributed by atoms with Gasteiger partial charge < -0.3 is 10.3 Å². The lowest BCUT2D eigenvalue weighted by Crippen LogP contribution is -2.13. The molecule has 0 saturated carbocycles. The molecule has 0 unspecified atom stereocenters. The van der Waals surface area contributed by atoms with Gasteiger partial charge in [-0.1, -0.05) is 19.0 Å². The molecule has 0 saturated heterocycles. The van der Waals surface area contributed by atoms with Crippen LogP contribution in [-0.4, -0.2) is 11.1 Å². The molecule has 0 aromatic carbocycles. The summed E-state index contributed by atoms with van der Waals surface area (Å²) < 4.78 is 4.95. The van der Waals surface area contributed by atoms with Gasteiger partial charge in [0.2, 0.25) is 0 Å². The van der Waals surface area contributed by atoms with Gasteiger partial charge >= 0.3 is 0 Å². The highest BCUT2D eigenvalue weighted by Crippen LogP contribution is 2.14. The van der Waals surface area contributed by atoms with Gasteiger partial charge in [0.15, 0.2) is 5.69 Å². The molecule has 2 N–H and O–H groups in total. The topological polar surface area (TPSA) is 69.1 Å². The molecule has 1 rings (SSSR count). The van der Waals surface area contributed by atoms with Gasteiger partial charge in [-0.05, 0) is 6.42 Å². The van der Waals surface area contributed by atoms with Crippen molar-refractivity contribution in [3.05, 3.63) is 17.0 Å². The van der Waals surface area contributed by atoms with E-state index in [4.69, 9.17) is 10.3 Å². The second kappa shape index (κ2) is 3.38. The van der Waals surface area contributed by atoms with E-state index in [0.29, 0.717) is 0 Å². The van der Waals surface area contributed by atoms with Crippen molar-refractivity contribution in [1.82, 2.24) is 5.16 Å². The van der Waals surface area contributed by atoms with Gasteiger partial charge in [0.05, 0.1) is 0 Å². The Balaban J connectivity index is 3.13. The van der Waals surface area contributed by atoms with Gasteiger partial charge in [-0.3, -0.25) is 4.79 Å². The predicted octanol–water partition coefficient (Wildman–Crippen LogP) is 0.898. The van der Waals surface area contributed by atoms with Crippen molar-refractivity contribution in [2.24, 2.45) is 5.73 Å². The Bertz CT molecular complexity index is 291. The Morgan fingerprint density at radius 3 is 2.58 bits per heavy atom. The van der Waals surface area contributed by atoms with Crippen LogP contribution in [0, 0.1) is 0 Å². The Labute approximate surface area is 70.7 Å². The summed E-state index contributed by atoms with van der Waals surface area (Å²) >= 11 is 0. The summed E-state index contributed by atoms with van der Waals surface area (Å²) in [5.41, 5.74) is 6.21. The molecular formula is C8H12N2O2. The molecule has 0 atom stereocenters. The minimum absolute atomic E-state index is 0.273. The SMILES string of the molecule is CCc1onc(C(N)=O)c1CC. The molecule has 0 aliphatic carbocycles. The van der Waals surface area contributed by atoms with Gasteiger partial charge in [-0.25, -0.2) is 0 Å². The molecule has 4 heteroatoms. The Kier molecular flexibility index (Phi) is 2.47. The Morgan fingerprint density at radius 2 is 2.17 bits per heavy atom. The fourth-order valence-electron chi connectivity index (χ4n) is 1.18. The molecule has 0 aliphatic rings. The number of hydrogen-bond donors (Lipinski definition) is 1. The highest BCUT2D eigenvalue weighted by molar-refractivity contribution is 5.92. The third kappa shape index (κ3) is 1.32. The van der Waals surface area contributed by atoms with E-state index in [-0.39, 0.29) is 5.69 Å². The number of primary amides is 1. The Hall–Kier alpha value is -1.32. The quantitative estimate of drug-likeness (QED) is 0.728. The van der Waals surface area contributed by atoms with Crippen molar-refractivity contribution in [1.29, 1.82) is 0 Å². The molecule has 0 radical (unpaired) electrons. The van der Waals surface area contributed by atoms with E-state index < -0.39 is 5.91 Å². The van der Waals surface area contributed by atoms with Crippen LogP contribution in [0.4, 0.5) is 0 Å². The van der Waals surface area contributed by atoms with E-state index in [9.17, 15) is 4.79 Å². The van der Waals surface area contributed by atoms with E-state index in [0.717, 1.165) is 24.2 Å². The first-order valence-corrected chi connectivity index (χ1v) is 3.97. The molecule has 1 aromatic rings. The lowest BCUT2D eigenvalue weighted by Gasteiger charge is -1.93. The van der Waals surface area contributed by atoms with Crippen molar-refractivity contribution < 1.29 is 9.32 Å². The average Bonchev–Trinajstić information content (AvgIpc) is 2.46. The molecule has 66 valence electrons. The number of aryl methyl sites for hydroxylation is 1. The number of carbonyl (C=O) groups is 1. The van der Waals surface area contributed by atoms with E-state index in [1.807, 2.05) is 13.8 Å². The molecule has 1 heterocycles. The van der Waals surface area contributed by atoms with Gasteiger partial charge in [0.25, 0.3) is 5.91 Å². The zero-order valence-electron chi connectivity index (χ0n) is 7.26. The van der Waals surface area contributed by atoms with Crippen LogP contribution < -0.4 is 5.73 Å². The number of nitrogens with two attached hydrogens (primary N) is 1. The molecule has 4 nitrogen and oxygen atoms in total. The van der Waals surface area contributed by atoms with Crippen molar-refractivity contribution in [2.75, 3.05) is 0 Å². The normalized spacial score (nSPS) is 10.2. The first-order chi connectivity index (χ1) is 5.70. The second-order valence-electron chi connectivity index (χ2n) is 2.50. The molecule has 12 heavy (non-hydrogen) atoms. The zero-order valence-corrected chi connectivity index (χ0v) is 7.26. The number of nitrogens with zero attached hydrogens (tertiary/aromatic N) is 1. The van der Waals surface area contributed by atoms with Crippen molar-refractivity contribution in [3.8, 4) is 0 Å². The van der Waals surface area contributed by atoms with Crippen LogP contribution >= 0.6 is 0 Å². The minimum Gasteiger partial charge on any atom is -0.364 e. The lowest BCUT2D eigenvalue weighted by atomic mass is 10.1. The highest BCUT2D eigenvalue weighted by Gasteiger charge is 2.16. The highest BCUT2D eigenvalue weighted by atomic mass is 16.5. The summed E-state index contributed by atoms with van der Waals surface area (Å²) in [7, 11) is 0. The first-order valence-electron chi connectivity index (χ1n) is 3.97. The molecule has 1 amide bonds. The monoisotopic (exact) mass is 168 g/mol. The van der Waals surface area contributed by atoms with Crippen molar-refractivity contribution in [2.45, 2.75) is 26.7 Å². The summed E-state index contributed by atoms with van der Waals surface area (Å²) in [6.45, 7) is 3.89. The van der Waals surface area contributed by atoms with Crippen LogP contribution in [0.25, 0.3) is 0 Å². The summed E-state index contributed by atoms with van der Waals surface area (Å²) in [4.78, 5) is 10.8. The summed E-state index contributed by atoms with van der Waals surface area (Å²) in [6, 6.07) is 0. The van der Waals surface area contributed by atoms with Crippen LogP contribution in [0.3, 0.4) is 0 Å². The predicted molar refractivity (Wildman–Crippen MR) is 43.8 cm³/mol. The maximum Gasteiger partial charge on any atom is 0.271 e. The number of carbonyl (C=O) groups excluding carboxylic acids is 1. The molecule has 1 aromatic heterocycles. The number of aromatic nitrogens is 1. The van der Waals surface area contributed by atoms with Crippen molar-refractivity contribution in [3.63, 3.8) is 0 Å². The number of rotatable bonds is 3. The first kappa shape index (κ1) is 8.77. The third-order valence-corrected chi connectivity index (χ3v) is 1.78. The summed E-state index contributed by atoms with van der Waals surface area (Å²) in [5, 5.41) is 3.61. The largest absolute Gasteiger partial charge is 0.364 e. The van der Waals surface area contributed by atoms with Gasteiger partial charge in [-0.15, -0.1) is 0 Å². The van der Waals surface area contributed by atoms with Gasteiger partial charge in [-0.2, -0.15) is 0 Å². The smallest absolute Gasteiger partial charge is 0.271 e. The molecular weight excluding hydrogens is 156 g/mol. The standard InChI is InChI=1S/C8H12N2O2/c1-3-5-6(4-2)12-10-7(5)8(9)11/h3-4H2,1-2H3,(H2,9,11). The third-order valence-electron chi connectivity index (χ3n) is 1.78. The average molecular weight is 168 g/mol. The van der Waals surface area contributed by atoms with E-state index in [1.165, 1.54) is 0 Å².